The fraction of sp³-hybridized carbons (Fsp3) is 0.467. The van der Waals surface area contributed by atoms with E-state index in [1.807, 2.05) is 32.0 Å². The van der Waals surface area contributed by atoms with E-state index in [1.165, 1.54) is 0 Å². The molecule has 0 radical (unpaired) electrons. The monoisotopic (exact) mass is 262 g/mol. The Kier molecular flexibility index (Phi) is 5.55. The Morgan fingerprint density at radius 3 is 2.16 bits per heavy atom. The van der Waals surface area contributed by atoms with Crippen molar-refractivity contribution in [3.8, 4) is 0 Å². The molecule has 4 heteroatoms. The van der Waals surface area contributed by atoms with Gasteiger partial charge in [0.1, 0.15) is 0 Å². The highest BCUT2D eigenvalue weighted by Crippen LogP contribution is 2.13. The number of anilines is 1. The Balaban J connectivity index is 2.52. The zero-order valence-corrected chi connectivity index (χ0v) is 12.0. The molecule has 0 aliphatic heterocycles. The van der Waals surface area contributed by atoms with Gasteiger partial charge in [-0.3, -0.25) is 9.59 Å². The van der Waals surface area contributed by atoms with Crippen LogP contribution in [0.15, 0.2) is 18.2 Å². The van der Waals surface area contributed by atoms with Gasteiger partial charge >= 0.3 is 11.8 Å². The van der Waals surface area contributed by atoms with Gasteiger partial charge in [-0.2, -0.15) is 0 Å². The molecule has 1 aromatic carbocycles. The molecule has 2 N–H and O–H groups in total. The van der Waals surface area contributed by atoms with Crippen molar-refractivity contribution >= 4 is 17.5 Å². The molecule has 1 aromatic rings. The standard InChI is InChI=1S/C15H22N2O2/c1-10(2)5-6-16-14(18)15(19)17-13-8-11(3)7-12(4)9-13/h7-10H,5-6H2,1-4H3,(H,16,18)(H,17,19). The zero-order chi connectivity index (χ0) is 14.4. The average molecular weight is 262 g/mol. The van der Waals surface area contributed by atoms with Gasteiger partial charge in [-0.05, 0) is 49.4 Å². The van der Waals surface area contributed by atoms with Crippen molar-refractivity contribution in [2.75, 3.05) is 11.9 Å². The summed E-state index contributed by atoms with van der Waals surface area (Å²) in [6.45, 7) is 8.57. The number of aryl methyl sites for hydroxylation is 2. The smallest absolute Gasteiger partial charge is 0.313 e. The number of carbonyl (C=O) groups excluding carboxylic acids is 2. The van der Waals surface area contributed by atoms with E-state index in [1.54, 1.807) is 0 Å². The van der Waals surface area contributed by atoms with E-state index in [0.717, 1.165) is 17.5 Å². The molecular weight excluding hydrogens is 240 g/mol. The third-order valence-corrected chi connectivity index (χ3v) is 2.69. The van der Waals surface area contributed by atoms with E-state index < -0.39 is 11.8 Å². The van der Waals surface area contributed by atoms with Gasteiger partial charge in [0, 0.05) is 12.2 Å². The van der Waals surface area contributed by atoms with Crippen molar-refractivity contribution in [3.05, 3.63) is 29.3 Å². The van der Waals surface area contributed by atoms with Crippen LogP contribution >= 0.6 is 0 Å². The fourth-order valence-corrected chi connectivity index (χ4v) is 1.79. The first-order valence-electron chi connectivity index (χ1n) is 6.56. The van der Waals surface area contributed by atoms with E-state index in [4.69, 9.17) is 0 Å². The van der Waals surface area contributed by atoms with Crippen LogP contribution < -0.4 is 10.6 Å². The summed E-state index contributed by atoms with van der Waals surface area (Å²) >= 11 is 0. The number of nitrogens with one attached hydrogen (secondary N) is 2. The number of hydrogen-bond acceptors (Lipinski definition) is 2. The van der Waals surface area contributed by atoms with Crippen LogP contribution in [0.2, 0.25) is 0 Å². The summed E-state index contributed by atoms with van der Waals surface area (Å²) in [6, 6.07) is 5.69. The van der Waals surface area contributed by atoms with Crippen LogP contribution in [0.4, 0.5) is 5.69 Å². The highest BCUT2D eigenvalue weighted by molar-refractivity contribution is 6.39. The predicted octanol–water partition coefficient (Wildman–Crippen LogP) is 2.40. The van der Waals surface area contributed by atoms with Gasteiger partial charge in [-0.25, -0.2) is 0 Å². The van der Waals surface area contributed by atoms with Gasteiger partial charge < -0.3 is 10.6 Å². The molecule has 104 valence electrons. The SMILES string of the molecule is Cc1cc(C)cc(NC(=O)C(=O)NCCC(C)C)c1. The first-order chi connectivity index (χ1) is 8.88. The molecule has 19 heavy (non-hydrogen) atoms. The highest BCUT2D eigenvalue weighted by atomic mass is 16.2. The van der Waals surface area contributed by atoms with Crippen LogP contribution in [0.1, 0.15) is 31.4 Å². The van der Waals surface area contributed by atoms with Gasteiger partial charge in [0.2, 0.25) is 0 Å². The molecular formula is C15H22N2O2. The largest absolute Gasteiger partial charge is 0.348 e. The van der Waals surface area contributed by atoms with E-state index in [2.05, 4.69) is 24.5 Å². The summed E-state index contributed by atoms with van der Waals surface area (Å²) in [5.41, 5.74) is 2.76. The third kappa shape index (κ3) is 5.55. The number of hydrogen-bond donors (Lipinski definition) is 2. The quantitative estimate of drug-likeness (QED) is 0.819. The van der Waals surface area contributed by atoms with Crippen LogP contribution in [0.25, 0.3) is 0 Å². The average Bonchev–Trinajstić information content (AvgIpc) is 2.26. The molecule has 0 aliphatic carbocycles. The molecule has 4 nitrogen and oxygen atoms in total. The molecule has 0 spiro atoms. The molecule has 0 saturated heterocycles. The van der Waals surface area contributed by atoms with Crippen LogP contribution in [-0.4, -0.2) is 18.4 Å². The minimum absolute atomic E-state index is 0.503. The van der Waals surface area contributed by atoms with E-state index >= 15 is 0 Å². The molecule has 0 heterocycles. The number of carbonyl (C=O) groups is 2. The van der Waals surface area contributed by atoms with Crippen molar-refractivity contribution in [2.45, 2.75) is 34.1 Å². The Bertz CT molecular complexity index is 447. The lowest BCUT2D eigenvalue weighted by Gasteiger charge is -2.09. The fourth-order valence-electron chi connectivity index (χ4n) is 1.79. The molecule has 0 bridgehead atoms. The highest BCUT2D eigenvalue weighted by Gasteiger charge is 2.13. The van der Waals surface area contributed by atoms with Crippen molar-refractivity contribution in [2.24, 2.45) is 5.92 Å². The van der Waals surface area contributed by atoms with E-state index in [-0.39, 0.29) is 0 Å². The van der Waals surface area contributed by atoms with Crippen LogP contribution in [0.5, 0.6) is 0 Å². The number of rotatable bonds is 4. The molecule has 1 rings (SSSR count). The summed E-state index contributed by atoms with van der Waals surface area (Å²) in [5, 5.41) is 5.22. The Morgan fingerprint density at radius 1 is 1.05 bits per heavy atom. The summed E-state index contributed by atoms with van der Waals surface area (Å²) in [6.07, 6.45) is 0.864. The maximum atomic E-state index is 11.7. The van der Waals surface area contributed by atoms with Gasteiger partial charge in [-0.1, -0.05) is 19.9 Å². The molecule has 0 fully saturated rings. The topological polar surface area (TPSA) is 58.2 Å². The van der Waals surface area contributed by atoms with Gasteiger partial charge in [-0.15, -0.1) is 0 Å². The Morgan fingerprint density at radius 2 is 1.63 bits per heavy atom. The van der Waals surface area contributed by atoms with Crippen molar-refractivity contribution < 1.29 is 9.59 Å². The van der Waals surface area contributed by atoms with Crippen molar-refractivity contribution in [3.63, 3.8) is 0 Å². The molecule has 0 saturated carbocycles. The molecule has 0 aromatic heterocycles. The normalized spacial score (nSPS) is 10.4. The lowest BCUT2D eigenvalue weighted by molar-refractivity contribution is -0.136. The Hall–Kier alpha value is -1.84. The lowest BCUT2D eigenvalue weighted by Crippen LogP contribution is -2.36. The van der Waals surface area contributed by atoms with Gasteiger partial charge in [0.25, 0.3) is 0 Å². The molecule has 2 amide bonds. The summed E-state index contributed by atoms with van der Waals surface area (Å²) in [7, 11) is 0. The third-order valence-electron chi connectivity index (χ3n) is 2.69. The van der Waals surface area contributed by atoms with Gasteiger partial charge in [0.15, 0.2) is 0 Å². The summed E-state index contributed by atoms with van der Waals surface area (Å²) in [5.74, 6) is -0.698. The van der Waals surface area contributed by atoms with Gasteiger partial charge in [0.05, 0.1) is 0 Å². The molecule has 0 unspecified atom stereocenters. The minimum Gasteiger partial charge on any atom is -0.348 e. The zero-order valence-electron chi connectivity index (χ0n) is 12.0. The van der Waals surface area contributed by atoms with Crippen LogP contribution in [0.3, 0.4) is 0 Å². The second-order valence-corrected chi connectivity index (χ2v) is 5.27. The summed E-state index contributed by atoms with van der Waals surface area (Å²) < 4.78 is 0. The minimum atomic E-state index is -0.617. The lowest BCUT2D eigenvalue weighted by atomic mass is 10.1. The second-order valence-electron chi connectivity index (χ2n) is 5.27. The summed E-state index contributed by atoms with van der Waals surface area (Å²) in [4.78, 5) is 23.3. The van der Waals surface area contributed by atoms with Crippen molar-refractivity contribution in [1.29, 1.82) is 0 Å². The number of amides is 2. The van der Waals surface area contributed by atoms with E-state index in [9.17, 15) is 9.59 Å². The molecule has 0 atom stereocenters. The Labute approximate surface area is 114 Å². The maximum Gasteiger partial charge on any atom is 0.313 e. The molecule has 0 aliphatic rings. The second kappa shape index (κ2) is 6.92. The predicted molar refractivity (Wildman–Crippen MR) is 77.0 cm³/mol. The first-order valence-corrected chi connectivity index (χ1v) is 6.56. The number of benzene rings is 1. The van der Waals surface area contributed by atoms with Crippen LogP contribution in [-0.2, 0) is 9.59 Å². The first kappa shape index (κ1) is 15.2. The van der Waals surface area contributed by atoms with Crippen LogP contribution in [0, 0.1) is 19.8 Å². The van der Waals surface area contributed by atoms with E-state index in [0.29, 0.717) is 18.2 Å². The van der Waals surface area contributed by atoms with Crippen molar-refractivity contribution in [1.82, 2.24) is 5.32 Å². The maximum absolute atomic E-state index is 11.7.